The Kier molecular flexibility index (Phi) is 6.49. The lowest BCUT2D eigenvalue weighted by molar-refractivity contribution is -0.130. The molecule has 0 radical (unpaired) electrons. The van der Waals surface area contributed by atoms with Gasteiger partial charge in [0.1, 0.15) is 23.8 Å². The van der Waals surface area contributed by atoms with Gasteiger partial charge in [0.25, 0.3) is 5.91 Å². The van der Waals surface area contributed by atoms with Crippen molar-refractivity contribution in [1.29, 1.82) is 0 Å². The first-order valence-electron chi connectivity index (χ1n) is 11.9. The van der Waals surface area contributed by atoms with Crippen molar-refractivity contribution < 1.29 is 14.0 Å². The van der Waals surface area contributed by atoms with E-state index in [-0.39, 0.29) is 16.8 Å². The zero-order valence-electron chi connectivity index (χ0n) is 20.0. The molecule has 2 aliphatic heterocycles. The third-order valence-electron chi connectivity index (χ3n) is 6.74. The lowest BCUT2D eigenvalue weighted by Gasteiger charge is -2.15. The Bertz CT molecular complexity index is 1390. The number of hydrogen-bond acceptors (Lipinski definition) is 5. The van der Waals surface area contributed by atoms with E-state index >= 15 is 0 Å². The second-order valence-corrected chi connectivity index (χ2v) is 9.47. The molecule has 2 aliphatic rings. The van der Waals surface area contributed by atoms with Crippen molar-refractivity contribution in [3.05, 3.63) is 63.4 Å². The minimum Gasteiger partial charge on any atom is -0.359 e. The van der Waals surface area contributed by atoms with Gasteiger partial charge in [-0.05, 0) is 68.5 Å². The van der Waals surface area contributed by atoms with Crippen LogP contribution in [0.4, 0.5) is 21.7 Å². The molecule has 36 heavy (non-hydrogen) atoms. The maximum atomic E-state index is 13.6. The van der Waals surface area contributed by atoms with Crippen molar-refractivity contribution in [3.63, 3.8) is 0 Å². The Labute approximate surface area is 213 Å². The Hall–Kier alpha value is -3.72. The number of aromatic amines is 1. The topological polar surface area (TPSA) is 103 Å². The molecule has 5 rings (SSSR count). The van der Waals surface area contributed by atoms with Crippen molar-refractivity contribution >= 4 is 52.4 Å². The number of hydrogen-bond donors (Lipinski definition) is 3. The molecule has 2 amide bonds. The van der Waals surface area contributed by atoms with E-state index in [2.05, 4.69) is 25.6 Å². The van der Waals surface area contributed by atoms with Crippen LogP contribution in [0.25, 0.3) is 11.6 Å². The van der Waals surface area contributed by atoms with E-state index in [0.29, 0.717) is 41.3 Å². The maximum absolute atomic E-state index is 13.6. The fraction of sp³-hybridized carbons (Fsp3) is 0.308. The number of nitrogens with one attached hydrogen (secondary N) is 3. The molecule has 0 unspecified atom stereocenters. The van der Waals surface area contributed by atoms with Gasteiger partial charge in [0.05, 0.1) is 16.2 Å². The molecule has 0 saturated carbocycles. The van der Waals surface area contributed by atoms with Gasteiger partial charge in [0.15, 0.2) is 0 Å². The zero-order valence-corrected chi connectivity index (χ0v) is 20.8. The number of carbonyl (C=O) groups excluding carboxylic acids is 2. The molecule has 10 heteroatoms. The summed E-state index contributed by atoms with van der Waals surface area (Å²) in [5, 5.41) is 5.87. The number of fused-ring (bicyclic) bond motifs is 1. The zero-order chi connectivity index (χ0) is 25.4. The predicted octanol–water partition coefficient (Wildman–Crippen LogP) is 5.01. The molecular weight excluding hydrogens is 483 g/mol. The lowest BCUT2D eigenvalue weighted by atomic mass is 10.0. The molecule has 2 aromatic heterocycles. The monoisotopic (exact) mass is 508 g/mol. The van der Waals surface area contributed by atoms with E-state index in [0.717, 1.165) is 48.4 Å². The number of carbonyl (C=O) groups is 2. The standard InChI is InChI=1S/C26H26ClFN6O2/c1-14-17(6-8-22(35)34-9-3-4-10-34)15(2)31-21(14)12-18-23-24(29-13-30-25(23)33-26(18)36)32-16-5-7-20(28)19(27)11-16/h5,7,11-13,31H,3-4,6,8-10H2,1-2H3,(H2,29,30,32,33,36)/b18-12-. The molecule has 0 atom stereocenters. The summed E-state index contributed by atoms with van der Waals surface area (Å²) >= 11 is 5.92. The molecule has 186 valence electrons. The van der Waals surface area contributed by atoms with E-state index < -0.39 is 5.82 Å². The summed E-state index contributed by atoms with van der Waals surface area (Å²) in [6.45, 7) is 5.65. The van der Waals surface area contributed by atoms with Crippen molar-refractivity contribution in [1.82, 2.24) is 19.9 Å². The number of aromatic nitrogens is 3. The summed E-state index contributed by atoms with van der Waals surface area (Å²) < 4.78 is 13.6. The quantitative estimate of drug-likeness (QED) is 0.406. The van der Waals surface area contributed by atoms with E-state index in [1.165, 1.54) is 24.5 Å². The number of benzene rings is 1. The van der Waals surface area contributed by atoms with Crippen molar-refractivity contribution in [3.8, 4) is 0 Å². The normalized spacial score (nSPS) is 15.9. The summed E-state index contributed by atoms with van der Waals surface area (Å²) in [6, 6.07) is 4.25. The highest BCUT2D eigenvalue weighted by Gasteiger charge is 2.30. The van der Waals surface area contributed by atoms with E-state index in [4.69, 9.17) is 11.6 Å². The number of nitrogens with zero attached hydrogens (tertiary/aromatic N) is 3. The van der Waals surface area contributed by atoms with Crippen LogP contribution in [0, 0.1) is 19.7 Å². The van der Waals surface area contributed by atoms with Crippen molar-refractivity contribution in [2.45, 2.75) is 39.5 Å². The van der Waals surface area contributed by atoms with Crippen LogP contribution in [-0.2, 0) is 16.0 Å². The van der Waals surface area contributed by atoms with Crippen molar-refractivity contribution in [2.24, 2.45) is 0 Å². The first-order chi connectivity index (χ1) is 17.3. The molecule has 3 aromatic rings. The van der Waals surface area contributed by atoms with Crippen LogP contribution in [0.5, 0.6) is 0 Å². The first kappa shape index (κ1) is 24.0. The van der Waals surface area contributed by atoms with E-state index in [1.807, 2.05) is 18.7 Å². The Morgan fingerprint density at radius 3 is 2.78 bits per heavy atom. The number of aryl methyl sites for hydroxylation is 1. The maximum Gasteiger partial charge on any atom is 0.257 e. The highest BCUT2D eigenvalue weighted by atomic mass is 35.5. The molecule has 0 spiro atoms. The average molecular weight is 509 g/mol. The summed E-state index contributed by atoms with van der Waals surface area (Å²) in [6.07, 6.45) is 6.36. The van der Waals surface area contributed by atoms with Gasteiger partial charge in [-0.3, -0.25) is 9.59 Å². The molecule has 8 nitrogen and oxygen atoms in total. The van der Waals surface area contributed by atoms with Gasteiger partial charge < -0.3 is 20.5 Å². The SMILES string of the molecule is Cc1[nH]c(/C=C2\C(=O)Nc3ncnc(Nc4ccc(F)c(Cl)c4)c32)c(C)c1CCC(=O)N1CCCC1. The second-order valence-electron chi connectivity index (χ2n) is 9.07. The molecule has 3 N–H and O–H groups in total. The Morgan fingerprint density at radius 2 is 2.03 bits per heavy atom. The smallest absolute Gasteiger partial charge is 0.257 e. The average Bonchev–Trinajstić information content (AvgIpc) is 3.55. The highest BCUT2D eigenvalue weighted by Crippen LogP contribution is 2.38. The van der Waals surface area contributed by atoms with Crippen LogP contribution in [-0.4, -0.2) is 44.8 Å². The third kappa shape index (κ3) is 4.58. The minimum atomic E-state index is -0.525. The molecule has 1 fully saturated rings. The van der Waals surface area contributed by atoms with Gasteiger partial charge in [-0.15, -0.1) is 0 Å². The highest BCUT2D eigenvalue weighted by molar-refractivity contribution is 6.35. The summed E-state index contributed by atoms with van der Waals surface area (Å²) in [4.78, 5) is 39.2. The van der Waals surface area contributed by atoms with Gasteiger partial charge in [-0.1, -0.05) is 11.6 Å². The summed E-state index contributed by atoms with van der Waals surface area (Å²) in [5.74, 6) is 0.135. The van der Waals surface area contributed by atoms with Gasteiger partial charge in [0, 0.05) is 36.6 Å². The van der Waals surface area contributed by atoms with E-state index in [1.54, 1.807) is 6.08 Å². The Balaban J connectivity index is 1.43. The molecule has 0 aliphatic carbocycles. The largest absolute Gasteiger partial charge is 0.359 e. The first-order valence-corrected chi connectivity index (χ1v) is 12.3. The Morgan fingerprint density at radius 1 is 1.25 bits per heavy atom. The molecule has 0 bridgehead atoms. The molecule has 1 saturated heterocycles. The summed E-state index contributed by atoms with van der Waals surface area (Å²) in [7, 11) is 0. The molecule has 4 heterocycles. The van der Waals surface area contributed by atoms with Crippen LogP contribution < -0.4 is 10.6 Å². The fourth-order valence-corrected chi connectivity index (χ4v) is 4.98. The minimum absolute atomic E-state index is 0.0242. The third-order valence-corrected chi connectivity index (χ3v) is 7.03. The van der Waals surface area contributed by atoms with Gasteiger partial charge >= 0.3 is 0 Å². The predicted molar refractivity (Wildman–Crippen MR) is 138 cm³/mol. The number of likely N-dealkylation sites (tertiary alicyclic amines) is 1. The number of rotatable bonds is 6. The van der Waals surface area contributed by atoms with E-state index in [9.17, 15) is 14.0 Å². The molecule has 1 aromatic carbocycles. The van der Waals surface area contributed by atoms with Crippen LogP contribution in [0.2, 0.25) is 5.02 Å². The van der Waals surface area contributed by atoms with Crippen LogP contribution in [0.3, 0.4) is 0 Å². The number of halogens is 2. The fourth-order valence-electron chi connectivity index (χ4n) is 4.80. The lowest BCUT2D eigenvalue weighted by Crippen LogP contribution is -2.27. The van der Waals surface area contributed by atoms with Crippen molar-refractivity contribution in [2.75, 3.05) is 23.7 Å². The van der Waals surface area contributed by atoms with Crippen LogP contribution in [0.1, 0.15) is 47.3 Å². The van der Waals surface area contributed by atoms with Crippen LogP contribution >= 0.6 is 11.6 Å². The second kappa shape index (κ2) is 9.73. The van der Waals surface area contributed by atoms with Gasteiger partial charge in [-0.2, -0.15) is 0 Å². The summed E-state index contributed by atoms with van der Waals surface area (Å²) in [5.41, 5.74) is 5.26. The number of H-pyrrole nitrogens is 1. The van der Waals surface area contributed by atoms with Gasteiger partial charge in [-0.25, -0.2) is 14.4 Å². The number of anilines is 3. The number of amides is 2. The van der Waals surface area contributed by atoms with Gasteiger partial charge in [0.2, 0.25) is 5.91 Å². The van der Waals surface area contributed by atoms with Crippen LogP contribution in [0.15, 0.2) is 24.5 Å². The molecular formula is C26H26ClFN6O2.